The maximum atomic E-state index is 12.7. The van der Waals surface area contributed by atoms with E-state index in [1.54, 1.807) is 6.92 Å². The summed E-state index contributed by atoms with van der Waals surface area (Å²) in [6.07, 6.45) is 41.0. The second kappa shape index (κ2) is 40.6. The first-order valence-corrected chi connectivity index (χ1v) is 28.3. The van der Waals surface area contributed by atoms with Crippen LogP contribution in [0.5, 0.6) is 11.5 Å². The fourth-order valence-electron chi connectivity index (χ4n) is 8.73. The molecule has 0 radical (unpaired) electrons. The standard InChI is InChI=1S/C67H100O10/c1-48(2)22-13-23-49(3)24-14-25-50(4)26-15-27-51(5)28-16-29-52(6)30-17-31-53(7)32-18-33-54(8)34-19-35-55(9)36-20-37-56(10)38-21-39-57(11)40-41-59-58(12)66(76-64(74)44-42-62(70)71)60(46-68)61(47-69)67(59)77-65(75)45-43-63(72)73/h22,24,26,28,30,32,34,36,38,40,68-69H,13-21,23,25,27,29,31,33,35,37,39,41-47H2,1-12H3,(H,70,71)(H,72,73)/b49-24+,50-26+,51-28+,52-30+,53-32+,54-34+,55-36+,56-38+,57-40+. The van der Waals surface area contributed by atoms with Crippen LogP contribution in [0.15, 0.2) is 116 Å². The van der Waals surface area contributed by atoms with Crippen molar-refractivity contribution in [1.29, 1.82) is 0 Å². The van der Waals surface area contributed by atoms with E-state index in [0.717, 1.165) is 115 Å². The van der Waals surface area contributed by atoms with Gasteiger partial charge in [-0.1, -0.05) is 116 Å². The predicted molar refractivity (Wildman–Crippen MR) is 318 cm³/mol. The third kappa shape index (κ3) is 33.4. The Kier molecular flexibility index (Phi) is 36.6. The Bertz CT molecular complexity index is 2370. The van der Waals surface area contributed by atoms with Crippen molar-refractivity contribution in [2.45, 2.75) is 244 Å². The lowest BCUT2D eigenvalue weighted by Gasteiger charge is -2.22. The molecule has 0 fully saturated rings. The Hall–Kier alpha value is -5.58. The largest absolute Gasteiger partial charge is 0.481 e. The fourth-order valence-corrected chi connectivity index (χ4v) is 8.73. The number of carbonyl (C=O) groups is 4. The summed E-state index contributed by atoms with van der Waals surface area (Å²) in [5.74, 6) is -4.10. The Labute approximate surface area is 465 Å². The molecule has 0 aliphatic heterocycles. The monoisotopic (exact) mass is 1060 g/mol. The molecule has 0 heterocycles. The maximum Gasteiger partial charge on any atom is 0.311 e. The normalized spacial score (nSPS) is 13.6. The van der Waals surface area contributed by atoms with Crippen LogP contribution in [0.3, 0.4) is 0 Å². The van der Waals surface area contributed by atoms with E-state index in [-0.39, 0.29) is 29.0 Å². The van der Waals surface area contributed by atoms with Crippen molar-refractivity contribution in [1.82, 2.24) is 0 Å². The molecule has 77 heavy (non-hydrogen) atoms. The van der Waals surface area contributed by atoms with Gasteiger partial charge in [-0.2, -0.15) is 0 Å². The molecule has 0 aromatic heterocycles. The SMILES string of the molecule is CC(C)=CCC/C(C)=C/CC/C(C)=C/CC/C(C)=C/CC/C(C)=C/CC/C(C)=C/CC/C(C)=C/CC/C(C)=C/CC/C(C)=C/CC/C(C)=C/Cc1c(C)c(OC(=O)CCC(=O)O)c(CO)c(CO)c1OC(=O)CCC(=O)O. The van der Waals surface area contributed by atoms with Crippen molar-refractivity contribution in [2.75, 3.05) is 0 Å². The van der Waals surface area contributed by atoms with Crippen LogP contribution < -0.4 is 9.47 Å². The molecule has 1 aromatic rings. The van der Waals surface area contributed by atoms with Crippen LogP contribution >= 0.6 is 0 Å². The quantitative estimate of drug-likeness (QED) is 0.0283. The lowest BCUT2D eigenvalue weighted by atomic mass is 9.93. The van der Waals surface area contributed by atoms with E-state index in [2.05, 4.69) is 124 Å². The Balaban J connectivity index is 2.61. The lowest BCUT2D eigenvalue weighted by molar-refractivity contribution is -0.142. The summed E-state index contributed by atoms with van der Waals surface area (Å²) in [7, 11) is 0. The summed E-state index contributed by atoms with van der Waals surface area (Å²) >= 11 is 0. The Morgan fingerprint density at radius 3 is 0.844 bits per heavy atom. The van der Waals surface area contributed by atoms with Gasteiger partial charge in [0.15, 0.2) is 0 Å². The zero-order valence-corrected chi connectivity index (χ0v) is 49.7. The number of esters is 2. The summed E-state index contributed by atoms with van der Waals surface area (Å²) in [5, 5.41) is 38.8. The second-order valence-corrected chi connectivity index (χ2v) is 21.6. The molecule has 0 aliphatic carbocycles. The molecule has 10 nitrogen and oxygen atoms in total. The molecule has 0 saturated heterocycles. The molecule has 1 rings (SSSR count). The van der Waals surface area contributed by atoms with Crippen molar-refractivity contribution in [3.05, 3.63) is 139 Å². The second-order valence-electron chi connectivity index (χ2n) is 21.6. The van der Waals surface area contributed by atoms with E-state index >= 15 is 0 Å². The molecule has 0 atom stereocenters. The first-order chi connectivity index (χ1) is 36.6. The number of aliphatic hydroxyl groups excluding tert-OH is 2. The molecule has 0 spiro atoms. The highest BCUT2D eigenvalue weighted by atomic mass is 16.5. The molecule has 10 heteroatoms. The smallest absolute Gasteiger partial charge is 0.311 e. The van der Waals surface area contributed by atoms with Gasteiger partial charge < -0.3 is 29.9 Å². The van der Waals surface area contributed by atoms with Crippen LogP contribution in [0.4, 0.5) is 0 Å². The van der Waals surface area contributed by atoms with Crippen molar-refractivity contribution < 1.29 is 49.1 Å². The van der Waals surface area contributed by atoms with Crippen molar-refractivity contribution >= 4 is 23.9 Å². The van der Waals surface area contributed by atoms with E-state index < -0.39 is 62.8 Å². The number of carbonyl (C=O) groups excluding carboxylic acids is 2. The Morgan fingerprint density at radius 2 is 0.584 bits per heavy atom. The summed E-state index contributed by atoms with van der Waals surface area (Å²) in [6, 6.07) is 0. The molecule has 4 N–H and O–H groups in total. The number of allylic oxidation sites excluding steroid dienone is 20. The van der Waals surface area contributed by atoms with Crippen LogP contribution in [0, 0.1) is 6.92 Å². The maximum absolute atomic E-state index is 12.7. The van der Waals surface area contributed by atoms with E-state index in [0.29, 0.717) is 11.1 Å². The average molecular weight is 1070 g/mol. The minimum atomic E-state index is -1.18. The minimum absolute atomic E-state index is 0.0107. The van der Waals surface area contributed by atoms with Crippen LogP contribution in [-0.2, 0) is 38.8 Å². The van der Waals surface area contributed by atoms with Gasteiger partial charge in [-0.05, 0) is 211 Å². The van der Waals surface area contributed by atoms with Gasteiger partial charge in [0.1, 0.15) is 11.5 Å². The number of ether oxygens (including phenoxy) is 2. The number of carboxylic acids is 2. The predicted octanol–water partition coefficient (Wildman–Crippen LogP) is 17.6. The van der Waals surface area contributed by atoms with Gasteiger partial charge in [0.25, 0.3) is 0 Å². The fraction of sp³-hybridized carbons (Fsp3) is 0.552. The van der Waals surface area contributed by atoms with Crippen molar-refractivity contribution in [3.8, 4) is 11.5 Å². The first-order valence-electron chi connectivity index (χ1n) is 28.3. The molecule has 0 saturated carbocycles. The van der Waals surface area contributed by atoms with Gasteiger partial charge in [0.2, 0.25) is 0 Å². The molecule has 0 unspecified atom stereocenters. The van der Waals surface area contributed by atoms with E-state index in [4.69, 9.17) is 19.7 Å². The average Bonchev–Trinajstić information content (AvgIpc) is 3.35. The number of rotatable bonds is 39. The van der Waals surface area contributed by atoms with Gasteiger partial charge in [0.05, 0.1) is 38.9 Å². The number of hydrogen-bond acceptors (Lipinski definition) is 8. The highest BCUT2D eigenvalue weighted by molar-refractivity contribution is 5.81. The Morgan fingerprint density at radius 1 is 0.338 bits per heavy atom. The third-order valence-electron chi connectivity index (χ3n) is 13.8. The zero-order chi connectivity index (χ0) is 57.7. The number of aliphatic carboxylic acids is 2. The number of benzene rings is 1. The molecular formula is C67H100O10. The minimum Gasteiger partial charge on any atom is -0.481 e. The lowest BCUT2D eigenvalue weighted by Crippen LogP contribution is -2.18. The highest BCUT2D eigenvalue weighted by Gasteiger charge is 2.26. The van der Waals surface area contributed by atoms with Gasteiger partial charge >= 0.3 is 23.9 Å². The molecular weight excluding hydrogens is 965 g/mol. The molecule has 0 bridgehead atoms. The van der Waals surface area contributed by atoms with Crippen LogP contribution in [0.1, 0.15) is 240 Å². The van der Waals surface area contributed by atoms with Gasteiger partial charge in [-0.15, -0.1) is 0 Å². The van der Waals surface area contributed by atoms with E-state index in [9.17, 15) is 29.4 Å². The molecule has 1 aromatic carbocycles. The summed E-state index contributed by atoms with van der Waals surface area (Å²) in [4.78, 5) is 47.6. The number of hydrogen-bond donors (Lipinski definition) is 4. The highest BCUT2D eigenvalue weighted by Crippen LogP contribution is 2.40. The van der Waals surface area contributed by atoms with E-state index in [1.807, 2.05) is 13.0 Å². The van der Waals surface area contributed by atoms with Crippen LogP contribution in [0.2, 0.25) is 0 Å². The van der Waals surface area contributed by atoms with Gasteiger partial charge in [-0.3, -0.25) is 19.2 Å². The first kappa shape index (κ1) is 69.4. The van der Waals surface area contributed by atoms with Crippen molar-refractivity contribution in [3.63, 3.8) is 0 Å². The summed E-state index contributed by atoms with van der Waals surface area (Å²) in [5.41, 5.74) is 14.9. The van der Waals surface area contributed by atoms with Crippen LogP contribution in [-0.4, -0.2) is 44.3 Å². The number of aliphatic hydroxyl groups is 2. The third-order valence-corrected chi connectivity index (χ3v) is 13.8. The zero-order valence-electron chi connectivity index (χ0n) is 49.7. The van der Waals surface area contributed by atoms with E-state index in [1.165, 1.54) is 56.6 Å². The molecule has 428 valence electrons. The van der Waals surface area contributed by atoms with Gasteiger partial charge in [0, 0.05) is 16.7 Å². The van der Waals surface area contributed by atoms with Gasteiger partial charge in [-0.25, -0.2) is 0 Å². The number of carboxylic acid groups (broad SMARTS) is 2. The molecule has 0 amide bonds. The topological polar surface area (TPSA) is 168 Å². The summed E-state index contributed by atoms with van der Waals surface area (Å²) in [6.45, 7) is 24.5. The summed E-state index contributed by atoms with van der Waals surface area (Å²) < 4.78 is 11.2. The molecule has 0 aliphatic rings. The van der Waals surface area contributed by atoms with Crippen LogP contribution in [0.25, 0.3) is 0 Å². The van der Waals surface area contributed by atoms with Crippen molar-refractivity contribution in [2.24, 2.45) is 0 Å².